The van der Waals surface area contributed by atoms with Gasteiger partial charge in [-0.2, -0.15) is 0 Å². The predicted molar refractivity (Wildman–Crippen MR) is 76.9 cm³/mol. The van der Waals surface area contributed by atoms with Crippen molar-refractivity contribution < 1.29 is 0 Å². The molecule has 0 amide bonds. The summed E-state index contributed by atoms with van der Waals surface area (Å²) < 4.78 is 1.69. The fourth-order valence-corrected chi connectivity index (χ4v) is 2.06. The highest BCUT2D eigenvalue weighted by molar-refractivity contribution is 9.11. The van der Waals surface area contributed by atoms with Gasteiger partial charge in [-0.15, -0.1) is 0 Å². The topological polar surface area (TPSA) is 37.8 Å². The number of rotatable bonds is 2. The Hall–Kier alpha value is -0.650. The Morgan fingerprint density at radius 2 is 2.00 bits per heavy atom. The maximum absolute atomic E-state index is 5.89. The van der Waals surface area contributed by atoms with Gasteiger partial charge in [0.25, 0.3) is 0 Å². The van der Waals surface area contributed by atoms with E-state index in [0.29, 0.717) is 15.4 Å². The van der Waals surface area contributed by atoms with Gasteiger partial charge in [0, 0.05) is 10.2 Å². The van der Waals surface area contributed by atoms with E-state index in [1.54, 1.807) is 0 Å². The molecule has 2 rings (SSSR count). The highest BCUT2D eigenvalue weighted by Gasteiger charge is 2.07. The molecule has 1 aromatic heterocycles. The number of anilines is 2. The zero-order valence-corrected chi connectivity index (χ0v) is 12.8. The summed E-state index contributed by atoms with van der Waals surface area (Å²) in [5, 5.41) is 3.55. The molecule has 17 heavy (non-hydrogen) atoms. The van der Waals surface area contributed by atoms with E-state index >= 15 is 0 Å². The van der Waals surface area contributed by atoms with Crippen LogP contribution in [0, 0.1) is 6.92 Å². The van der Waals surface area contributed by atoms with E-state index in [-0.39, 0.29) is 0 Å². The first-order valence-electron chi connectivity index (χ1n) is 4.77. The lowest BCUT2D eigenvalue weighted by atomic mass is 10.2. The SMILES string of the molecule is Cc1ccc(Nc2ncnc(Cl)c2Br)cc1Br. The number of aromatic nitrogens is 2. The minimum atomic E-state index is 0.383. The molecule has 1 heterocycles. The van der Waals surface area contributed by atoms with Crippen LogP contribution in [0.2, 0.25) is 5.15 Å². The highest BCUT2D eigenvalue weighted by atomic mass is 79.9. The van der Waals surface area contributed by atoms with Gasteiger partial charge < -0.3 is 5.32 Å². The Balaban J connectivity index is 2.31. The molecule has 1 N–H and O–H groups in total. The maximum Gasteiger partial charge on any atom is 0.149 e. The lowest BCUT2D eigenvalue weighted by Gasteiger charge is -2.09. The Labute approximate surface area is 121 Å². The standard InChI is InChI=1S/C11H8Br2ClN3/c1-6-2-3-7(4-8(6)12)17-11-9(13)10(14)15-5-16-11/h2-5H,1H3,(H,15,16,17). The van der Waals surface area contributed by atoms with Crippen molar-refractivity contribution in [3.8, 4) is 0 Å². The van der Waals surface area contributed by atoms with Crippen LogP contribution in [0.25, 0.3) is 0 Å². The van der Waals surface area contributed by atoms with Crippen molar-refractivity contribution in [1.29, 1.82) is 0 Å². The number of halogens is 3. The summed E-state index contributed by atoms with van der Waals surface area (Å²) >= 11 is 12.7. The predicted octanol–water partition coefficient (Wildman–Crippen LogP) is 4.71. The largest absolute Gasteiger partial charge is 0.339 e. The van der Waals surface area contributed by atoms with Crippen LogP contribution >= 0.6 is 43.5 Å². The van der Waals surface area contributed by atoms with Crippen LogP contribution in [-0.2, 0) is 0 Å². The number of hydrogen-bond donors (Lipinski definition) is 1. The van der Waals surface area contributed by atoms with E-state index in [1.807, 2.05) is 25.1 Å². The van der Waals surface area contributed by atoms with Crippen LogP contribution in [0.3, 0.4) is 0 Å². The molecule has 0 spiro atoms. The van der Waals surface area contributed by atoms with Gasteiger partial charge in [0.1, 0.15) is 17.3 Å². The summed E-state index contributed by atoms with van der Waals surface area (Å²) in [6, 6.07) is 5.98. The van der Waals surface area contributed by atoms with Crippen molar-refractivity contribution in [2.75, 3.05) is 5.32 Å². The zero-order valence-electron chi connectivity index (χ0n) is 8.84. The normalized spacial score (nSPS) is 10.4. The molecule has 0 bridgehead atoms. The molecule has 6 heteroatoms. The molecule has 0 saturated carbocycles. The lowest BCUT2D eigenvalue weighted by molar-refractivity contribution is 1.15. The van der Waals surface area contributed by atoms with Crippen molar-refractivity contribution in [1.82, 2.24) is 9.97 Å². The third-order valence-electron chi connectivity index (χ3n) is 2.18. The lowest BCUT2D eigenvalue weighted by Crippen LogP contribution is -1.96. The van der Waals surface area contributed by atoms with Crippen LogP contribution < -0.4 is 5.32 Å². The average molecular weight is 377 g/mol. The van der Waals surface area contributed by atoms with E-state index in [9.17, 15) is 0 Å². The van der Waals surface area contributed by atoms with Crippen molar-refractivity contribution in [2.24, 2.45) is 0 Å². The molecule has 0 aliphatic rings. The summed E-state index contributed by atoms with van der Waals surface area (Å²) in [6.07, 6.45) is 1.42. The monoisotopic (exact) mass is 375 g/mol. The number of nitrogens with one attached hydrogen (secondary N) is 1. The fraction of sp³-hybridized carbons (Fsp3) is 0.0909. The molecule has 2 aromatic rings. The van der Waals surface area contributed by atoms with E-state index in [1.165, 1.54) is 11.9 Å². The second-order valence-electron chi connectivity index (χ2n) is 3.42. The second-order valence-corrected chi connectivity index (χ2v) is 5.42. The van der Waals surface area contributed by atoms with Crippen molar-refractivity contribution in [3.63, 3.8) is 0 Å². The molecule has 0 radical (unpaired) electrons. The first kappa shape index (κ1) is 12.8. The molecule has 88 valence electrons. The van der Waals surface area contributed by atoms with Crippen LogP contribution in [0.15, 0.2) is 33.5 Å². The molecule has 0 aliphatic heterocycles. The van der Waals surface area contributed by atoms with Gasteiger partial charge in [-0.05, 0) is 40.5 Å². The van der Waals surface area contributed by atoms with Crippen LogP contribution in [0.4, 0.5) is 11.5 Å². The maximum atomic E-state index is 5.89. The van der Waals surface area contributed by atoms with Crippen molar-refractivity contribution in [2.45, 2.75) is 6.92 Å². The van der Waals surface area contributed by atoms with Gasteiger partial charge in [-0.3, -0.25) is 0 Å². The highest BCUT2D eigenvalue weighted by Crippen LogP contribution is 2.29. The van der Waals surface area contributed by atoms with E-state index in [4.69, 9.17) is 11.6 Å². The molecule has 0 aliphatic carbocycles. The third-order valence-corrected chi connectivity index (χ3v) is 4.30. The van der Waals surface area contributed by atoms with E-state index in [2.05, 4.69) is 47.1 Å². The number of aryl methyl sites for hydroxylation is 1. The van der Waals surface area contributed by atoms with Crippen molar-refractivity contribution in [3.05, 3.63) is 44.2 Å². The van der Waals surface area contributed by atoms with Crippen molar-refractivity contribution >= 4 is 55.0 Å². The molecule has 0 fully saturated rings. The van der Waals surface area contributed by atoms with Gasteiger partial charge in [0.2, 0.25) is 0 Å². The van der Waals surface area contributed by atoms with Gasteiger partial charge in [0.05, 0.1) is 4.47 Å². The van der Waals surface area contributed by atoms with Gasteiger partial charge in [0.15, 0.2) is 0 Å². The summed E-state index contributed by atoms with van der Waals surface area (Å²) in [6.45, 7) is 2.03. The fourth-order valence-electron chi connectivity index (χ4n) is 1.24. The summed E-state index contributed by atoms with van der Waals surface area (Å²) in [5.41, 5.74) is 2.10. The molecule has 0 atom stereocenters. The van der Waals surface area contributed by atoms with Crippen LogP contribution in [0.5, 0.6) is 0 Å². The molecule has 1 aromatic carbocycles. The summed E-state index contributed by atoms with van der Waals surface area (Å²) in [5.74, 6) is 0.640. The first-order valence-corrected chi connectivity index (χ1v) is 6.73. The minimum Gasteiger partial charge on any atom is -0.339 e. The van der Waals surface area contributed by atoms with E-state index < -0.39 is 0 Å². The molecular weight excluding hydrogens is 369 g/mol. The number of hydrogen-bond acceptors (Lipinski definition) is 3. The van der Waals surface area contributed by atoms with Gasteiger partial charge >= 0.3 is 0 Å². The van der Waals surface area contributed by atoms with Gasteiger partial charge in [-0.1, -0.05) is 33.6 Å². The smallest absolute Gasteiger partial charge is 0.149 e. The molecule has 0 unspecified atom stereocenters. The Bertz CT molecular complexity index is 560. The average Bonchev–Trinajstić information content (AvgIpc) is 2.30. The second kappa shape index (κ2) is 5.33. The number of nitrogens with zero attached hydrogens (tertiary/aromatic N) is 2. The molecule has 3 nitrogen and oxygen atoms in total. The summed E-state index contributed by atoms with van der Waals surface area (Å²) in [7, 11) is 0. The first-order chi connectivity index (χ1) is 8.08. The van der Waals surface area contributed by atoms with Crippen LogP contribution in [0.1, 0.15) is 5.56 Å². The Kier molecular flexibility index (Phi) is 4.01. The van der Waals surface area contributed by atoms with Gasteiger partial charge in [-0.25, -0.2) is 9.97 Å². The summed E-state index contributed by atoms with van der Waals surface area (Å²) in [4.78, 5) is 7.99. The zero-order chi connectivity index (χ0) is 12.4. The van der Waals surface area contributed by atoms with Crippen LogP contribution in [-0.4, -0.2) is 9.97 Å². The number of benzene rings is 1. The Morgan fingerprint density at radius 1 is 1.24 bits per heavy atom. The quantitative estimate of drug-likeness (QED) is 0.771. The molecule has 0 saturated heterocycles. The minimum absolute atomic E-state index is 0.383. The van der Waals surface area contributed by atoms with E-state index in [0.717, 1.165) is 10.2 Å². The Morgan fingerprint density at radius 3 is 2.71 bits per heavy atom. The molecular formula is C11H8Br2ClN3. The third kappa shape index (κ3) is 2.97.